The van der Waals surface area contributed by atoms with Gasteiger partial charge in [0.1, 0.15) is 11.7 Å². The zero-order valence-electron chi connectivity index (χ0n) is 12.2. The normalized spacial score (nSPS) is 23.8. The number of hydrogen-bond acceptors (Lipinski definition) is 2. The number of rotatable bonds is 3. The van der Waals surface area contributed by atoms with E-state index in [0.717, 1.165) is 0 Å². The van der Waals surface area contributed by atoms with Gasteiger partial charge in [0.2, 0.25) is 5.91 Å². The molecule has 0 saturated carbocycles. The molecule has 102 valence electrons. The quantitative estimate of drug-likeness (QED) is 0.719. The lowest BCUT2D eigenvalue weighted by molar-refractivity contribution is -0.149. The van der Waals surface area contributed by atoms with Crippen LogP contribution in [0.1, 0.15) is 34.1 Å². The van der Waals surface area contributed by atoms with Gasteiger partial charge in [0, 0.05) is 14.1 Å². The van der Waals surface area contributed by atoms with E-state index in [1.807, 2.05) is 19.9 Å². The van der Waals surface area contributed by atoms with Crippen LogP contribution in [0.25, 0.3) is 0 Å². The van der Waals surface area contributed by atoms with Crippen molar-refractivity contribution in [2.75, 3.05) is 14.1 Å². The Morgan fingerprint density at radius 3 is 2.17 bits per heavy atom. The van der Waals surface area contributed by atoms with Crippen molar-refractivity contribution < 1.29 is 9.59 Å². The molecule has 0 aromatic carbocycles. The molecule has 4 nitrogen and oxygen atoms in total. The maximum absolute atomic E-state index is 12.3. The minimum absolute atomic E-state index is 0.0118. The minimum Gasteiger partial charge on any atom is -0.328 e. The van der Waals surface area contributed by atoms with Gasteiger partial charge in [-0.1, -0.05) is 33.8 Å². The van der Waals surface area contributed by atoms with Crippen LogP contribution >= 0.6 is 0 Å². The van der Waals surface area contributed by atoms with Gasteiger partial charge in [0.25, 0.3) is 5.91 Å². The molecule has 1 heterocycles. The Hall–Kier alpha value is -1.32. The second kappa shape index (κ2) is 5.55. The first-order chi connectivity index (χ1) is 8.25. The fourth-order valence-corrected chi connectivity index (χ4v) is 2.18. The fourth-order valence-electron chi connectivity index (χ4n) is 2.18. The van der Waals surface area contributed by atoms with Gasteiger partial charge in [0.15, 0.2) is 0 Å². The third-order valence-corrected chi connectivity index (χ3v) is 3.17. The summed E-state index contributed by atoms with van der Waals surface area (Å²) < 4.78 is 0. The van der Waals surface area contributed by atoms with Gasteiger partial charge >= 0.3 is 0 Å². The molecule has 0 spiro atoms. The average molecular weight is 252 g/mol. The van der Waals surface area contributed by atoms with Crippen LogP contribution in [0.2, 0.25) is 0 Å². The van der Waals surface area contributed by atoms with E-state index in [2.05, 4.69) is 13.8 Å². The number of carbonyl (C=O) groups is 2. The van der Waals surface area contributed by atoms with E-state index >= 15 is 0 Å². The van der Waals surface area contributed by atoms with E-state index in [4.69, 9.17) is 0 Å². The lowest BCUT2D eigenvalue weighted by Gasteiger charge is -2.39. The summed E-state index contributed by atoms with van der Waals surface area (Å²) in [5.74, 6) is 0.585. The van der Waals surface area contributed by atoms with Crippen molar-refractivity contribution in [2.45, 2.75) is 40.2 Å². The zero-order valence-corrected chi connectivity index (χ0v) is 12.2. The minimum atomic E-state index is -0.327. The highest BCUT2D eigenvalue weighted by Gasteiger charge is 2.39. The summed E-state index contributed by atoms with van der Waals surface area (Å²) in [4.78, 5) is 27.7. The first-order valence-electron chi connectivity index (χ1n) is 6.52. The fraction of sp³-hybridized carbons (Fsp3) is 0.714. The largest absolute Gasteiger partial charge is 0.328 e. The van der Waals surface area contributed by atoms with Crippen molar-refractivity contribution in [3.8, 4) is 0 Å². The van der Waals surface area contributed by atoms with E-state index in [-0.39, 0.29) is 23.8 Å². The van der Waals surface area contributed by atoms with Gasteiger partial charge in [-0.3, -0.25) is 9.59 Å². The van der Waals surface area contributed by atoms with Crippen LogP contribution in [0.4, 0.5) is 0 Å². The summed E-state index contributed by atoms with van der Waals surface area (Å²) in [6.45, 7) is 8.12. The first kappa shape index (κ1) is 14.7. The van der Waals surface area contributed by atoms with E-state index < -0.39 is 0 Å². The van der Waals surface area contributed by atoms with Crippen LogP contribution in [0.5, 0.6) is 0 Å². The summed E-state index contributed by atoms with van der Waals surface area (Å²) in [6, 6.07) is -0.327. The van der Waals surface area contributed by atoms with Gasteiger partial charge in [-0.2, -0.15) is 0 Å². The molecule has 0 aromatic heterocycles. The molecule has 1 unspecified atom stereocenters. The van der Waals surface area contributed by atoms with Crippen LogP contribution in [-0.4, -0.2) is 41.8 Å². The maximum atomic E-state index is 12.3. The van der Waals surface area contributed by atoms with E-state index in [9.17, 15) is 9.59 Å². The predicted octanol–water partition coefficient (Wildman–Crippen LogP) is 1.87. The number of hydrogen-bond donors (Lipinski definition) is 0. The predicted molar refractivity (Wildman–Crippen MR) is 71.7 cm³/mol. The maximum Gasteiger partial charge on any atom is 0.270 e. The summed E-state index contributed by atoms with van der Waals surface area (Å²) >= 11 is 0. The Bertz CT molecular complexity index is 372. The Morgan fingerprint density at radius 2 is 1.72 bits per heavy atom. The molecule has 1 atom stereocenters. The smallest absolute Gasteiger partial charge is 0.270 e. The Labute approximate surface area is 110 Å². The molecule has 0 bridgehead atoms. The molecule has 4 heteroatoms. The topological polar surface area (TPSA) is 40.6 Å². The van der Waals surface area contributed by atoms with E-state index in [1.165, 1.54) is 4.90 Å². The Balaban J connectivity index is 3.03. The van der Waals surface area contributed by atoms with Gasteiger partial charge in [-0.25, -0.2) is 0 Å². The molecule has 2 amide bonds. The molecule has 0 aromatic rings. The average Bonchev–Trinajstić information content (AvgIpc) is 2.27. The highest BCUT2D eigenvalue weighted by atomic mass is 16.2. The van der Waals surface area contributed by atoms with Crippen molar-refractivity contribution in [1.29, 1.82) is 0 Å². The van der Waals surface area contributed by atoms with Crippen LogP contribution in [0.15, 0.2) is 11.8 Å². The number of likely N-dealkylation sites (N-methyl/N-ethyl adjacent to an activating group) is 2. The summed E-state index contributed by atoms with van der Waals surface area (Å²) in [5.41, 5.74) is 0.498. The molecule has 0 radical (unpaired) electrons. The third kappa shape index (κ3) is 2.92. The lowest BCUT2D eigenvalue weighted by Crippen LogP contribution is -2.56. The summed E-state index contributed by atoms with van der Waals surface area (Å²) in [6.07, 6.45) is 2.56. The zero-order chi connectivity index (χ0) is 14.0. The molecule has 1 saturated heterocycles. The molecular formula is C14H24N2O2. The second-order valence-electron chi connectivity index (χ2n) is 5.75. The van der Waals surface area contributed by atoms with Crippen LogP contribution in [0, 0.1) is 11.8 Å². The molecule has 1 fully saturated rings. The molecule has 18 heavy (non-hydrogen) atoms. The van der Waals surface area contributed by atoms with Crippen LogP contribution < -0.4 is 0 Å². The van der Waals surface area contributed by atoms with Gasteiger partial charge in [0.05, 0.1) is 0 Å². The molecular weight excluding hydrogens is 228 g/mol. The molecule has 0 aliphatic carbocycles. The number of allylic oxidation sites excluding steroid dienone is 1. The standard InChI is InChI=1S/C14H24N2O2/c1-9(2)7-11-13(17)16(6)12(8-10(3)4)14(18)15(11)5/h7,9-10,12H,8H2,1-6H3/b11-7+. The van der Waals surface area contributed by atoms with Gasteiger partial charge < -0.3 is 9.80 Å². The molecule has 1 aliphatic heterocycles. The van der Waals surface area contributed by atoms with Gasteiger partial charge in [-0.05, 0) is 18.3 Å². The molecule has 1 rings (SSSR count). The Morgan fingerprint density at radius 1 is 1.17 bits per heavy atom. The second-order valence-corrected chi connectivity index (χ2v) is 5.75. The van der Waals surface area contributed by atoms with Crippen molar-refractivity contribution in [3.05, 3.63) is 11.8 Å². The highest BCUT2D eigenvalue weighted by Crippen LogP contribution is 2.23. The van der Waals surface area contributed by atoms with Gasteiger partial charge in [-0.15, -0.1) is 0 Å². The monoisotopic (exact) mass is 252 g/mol. The van der Waals surface area contributed by atoms with E-state index in [0.29, 0.717) is 18.0 Å². The van der Waals surface area contributed by atoms with Crippen molar-refractivity contribution in [3.63, 3.8) is 0 Å². The van der Waals surface area contributed by atoms with Crippen molar-refractivity contribution >= 4 is 11.8 Å². The van der Waals surface area contributed by atoms with Crippen molar-refractivity contribution in [2.24, 2.45) is 11.8 Å². The van der Waals surface area contributed by atoms with Crippen LogP contribution in [0.3, 0.4) is 0 Å². The van der Waals surface area contributed by atoms with E-state index in [1.54, 1.807) is 19.0 Å². The summed E-state index contributed by atoms with van der Waals surface area (Å²) in [7, 11) is 3.41. The number of amides is 2. The Kier molecular flexibility index (Phi) is 4.54. The first-order valence-corrected chi connectivity index (χ1v) is 6.52. The summed E-state index contributed by atoms with van der Waals surface area (Å²) in [5, 5.41) is 0. The lowest BCUT2D eigenvalue weighted by atomic mass is 9.98. The number of carbonyl (C=O) groups excluding carboxylic acids is 2. The molecule has 0 N–H and O–H groups in total. The highest BCUT2D eigenvalue weighted by molar-refractivity contribution is 6.04. The SMILES string of the molecule is CC(C)/C=C1\C(=O)N(C)C(CC(C)C)C(=O)N1C. The number of nitrogens with zero attached hydrogens (tertiary/aromatic N) is 2. The van der Waals surface area contributed by atoms with Crippen LogP contribution in [-0.2, 0) is 9.59 Å². The molecule has 1 aliphatic rings. The number of piperazine rings is 1. The van der Waals surface area contributed by atoms with Crippen molar-refractivity contribution in [1.82, 2.24) is 9.80 Å². The third-order valence-electron chi connectivity index (χ3n) is 3.17.